The molecule has 1 aliphatic carbocycles. The van der Waals surface area contributed by atoms with Gasteiger partial charge in [-0.1, -0.05) is 0 Å². The van der Waals surface area contributed by atoms with Gasteiger partial charge in [-0.05, 0) is 43.5 Å². The van der Waals surface area contributed by atoms with Crippen molar-refractivity contribution in [3.8, 4) is 0 Å². The number of nitrogens with two attached hydrogens (primary N) is 4. The van der Waals surface area contributed by atoms with Crippen molar-refractivity contribution >= 4 is 11.9 Å². The molecular formula is C29H50FN9O10. The first-order valence-corrected chi connectivity index (χ1v) is 16.2. The van der Waals surface area contributed by atoms with Crippen molar-refractivity contribution in [3.05, 3.63) is 30.1 Å². The van der Waals surface area contributed by atoms with E-state index in [-0.39, 0.29) is 44.9 Å². The van der Waals surface area contributed by atoms with Crippen molar-refractivity contribution in [2.45, 2.75) is 118 Å². The first kappa shape index (κ1) is 39.1. The fourth-order valence-corrected chi connectivity index (χ4v) is 6.10. The fraction of sp³-hybridized carbons (Fsp3) is 0.759. The molecule has 0 bridgehead atoms. The number of guanidine groups is 1. The highest BCUT2D eigenvalue weighted by atomic mass is 19.1. The van der Waals surface area contributed by atoms with E-state index < -0.39 is 104 Å². The molecule has 19 nitrogen and oxygen atoms in total. The summed E-state index contributed by atoms with van der Waals surface area (Å²) in [6.45, 7) is -0.596. The maximum atomic E-state index is 16.6. The largest absolute Gasteiger partial charge is 0.394 e. The molecule has 4 rings (SSSR count). The average molecular weight is 704 g/mol. The number of hydrogen-bond acceptors (Lipinski definition) is 16. The lowest BCUT2D eigenvalue weighted by Crippen LogP contribution is -2.69. The zero-order valence-electron chi connectivity index (χ0n) is 26.8. The molecule has 278 valence electrons. The van der Waals surface area contributed by atoms with Crippen LogP contribution in [0.3, 0.4) is 0 Å². The van der Waals surface area contributed by atoms with Gasteiger partial charge in [0.05, 0.1) is 36.9 Å². The molecule has 0 aromatic carbocycles. The molecule has 17 N–H and O–H groups in total. The Bertz CT molecular complexity index is 1200. The van der Waals surface area contributed by atoms with Gasteiger partial charge in [0.2, 0.25) is 5.91 Å². The van der Waals surface area contributed by atoms with Crippen LogP contribution in [0.4, 0.5) is 4.39 Å². The van der Waals surface area contributed by atoms with E-state index in [2.05, 4.69) is 20.9 Å². The van der Waals surface area contributed by atoms with E-state index in [1.807, 2.05) is 0 Å². The van der Waals surface area contributed by atoms with Crippen molar-refractivity contribution in [1.82, 2.24) is 20.9 Å². The third-order valence-electron chi connectivity index (χ3n) is 8.87. The van der Waals surface area contributed by atoms with Gasteiger partial charge in [0, 0.05) is 31.5 Å². The van der Waals surface area contributed by atoms with Gasteiger partial charge >= 0.3 is 0 Å². The Morgan fingerprint density at radius 2 is 1.69 bits per heavy atom. The lowest BCUT2D eigenvalue weighted by atomic mass is 9.84. The molecule has 1 aromatic heterocycles. The quantitative estimate of drug-likeness (QED) is 0.0672. The highest BCUT2D eigenvalue weighted by Crippen LogP contribution is 2.33. The van der Waals surface area contributed by atoms with Crippen LogP contribution in [0.1, 0.15) is 24.8 Å². The Morgan fingerprint density at radius 1 is 1.02 bits per heavy atom. The number of aliphatic hydroxyl groups is 5. The van der Waals surface area contributed by atoms with E-state index in [9.17, 15) is 30.3 Å². The smallest absolute Gasteiger partial charge is 0.249 e. The number of aliphatic hydroxyl groups excluding tert-OH is 5. The number of alkyl halides is 1. The van der Waals surface area contributed by atoms with E-state index >= 15 is 4.39 Å². The molecule has 3 heterocycles. The first-order chi connectivity index (χ1) is 23.4. The molecule has 1 amide bonds. The van der Waals surface area contributed by atoms with Gasteiger partial charge in [-0.15, -0.1) is 0 Å². The molecule has 3 aliphatic rings. The molecule has 1 saturated carbocycles. The van der Waals surface area contributed by atoms with Gasteiger partial charge in [-0.25, -0.2) is 4.39 Å². The molecule has 20 heteroatoms. The lowest BCUT2D eigenvalue weighted by molar-refractivity contribution is -0.311. The monoisotopic (exact) mass is 703 g/mol. The summed E-state index contributed by atoms with van der Waals surface area (Å²) < 4.78 is 39.9. The number of carbonyl (C=O) groups is 1. The molecule has 49 heavy (non-hydrogen) atoms. The predicted octanol–water partition coefficient (Wildman–Crippen LogP) is -5.70. The van der Waals surface area contributed by atoms with Crippen LogP contribution >= 0.6 is 0 Å². The van der Waals surface area contributed by atoms with Crippen LogP contribution < -0.4 is 38.9 Å². The number of rotatable bonds is 13. The van der Waals surface area contributed by atoms with Crippen molar-refractivity contribution in [2.75, 3.05) is 19.7 Å². The molecule has 3 fully saturated rings. The van der Waals surface area contributed by atoms with Gasteiger partial charge in [0.15, 0.2) is 24.7 Å². The van der Waals surface area contributed by atoms with Gasteiger partial charge in [-0.3, -0.25) is 15.2 Å². The van der Waals surface area contributed by atoms with Gasteiger partial charge in [0.1, 0.15) is 36.6 Å². The van der Waals surface area contributed by atoms with Crippen LogP contribution in [0.25, 0.3) is 0 Å². The second-order valence-corrected chi connectivity index (χ2v) is 12.5. The summed E-state index contributed by atoms with van der Waals surface area (Å²) in [5.74, 6) is -1.16. The van der Waals surface area contributed by atoms with Gasteiger partial charge < -0.3 is 83.4 Å². The average Bonchev–Trinajstić information content (AvgIpc) is 3.08. The maximum absolute atomic E-state index is 16.6. The molecule has 2 aliphatic heterocycles. The number of carbonyl (C=O) groups excluding carboxylic acids is 1. The Hall–Kier alpha value is -2.70. The van der Waals surface area contributed by atoms with Crippen LogP contribution in [-0.4, -0.2) is 154 Å². The molecule has 1 aromatic rings. The number of ether oxygens (including phenoxy) is 4. The normalized spacial score (nSPS) is 38.7. The number of hydrogen-bond donors (Lipinski definition) is 13. The zero-order valence-corrected chi connectivity index (χ0v) is 26.8. The van der Waals surface area contributed by atoms with Crippen LogP contribution in [0.5, 0.6) is 0 Å². The van der Waals surface area contributed by atoms with E-state index in [0.29, 0.717) is 0 Å². The van der Waals surface area contributed by atoms with Crippen molar-refractivity contribution in [2.24, 2.45) is 22.9 Å². The lowest BCUT2D eigenvalue weighted by Gasteiger charge is -2.48. The number of aromatic nitrogens is 1. The van der Waals surface area contributed by atoms with Crippen molar-refractivity contribution < 1.29 is 53.7 Å². The molecular weight excluding hydrogens is 653 g/mol. The number of nitrogens with zero attached hydrogens (tertiary/aromatic N) is 1. The highest BCUT2D eigenvalue weighted by Gasteiger charge is 2.53. The number of amides is 1. The number of nitrogens with one attached hydrogen (secondary N) is 4. The topological polar surface area (TPSA) is 332 Å². The Morgan fingerprint density at radius 3 is 2.35 bits per heavy atom. The summed E-state index contributed by atoms with van der Waals surface area (Å²) in [5.41, 5.74) is 24.4. The molecule has 0 spiro atoms. The molecule has 8 unspecified atom stereocenters. The van der Waals surface area contributed by atoms with Crippen LogP contribution in [0, 0.1) is 5.41 Å². The van der Waals surface area contributed by atoms with E-state index in [1.165, 1.54) is 0 Å². The summed E-state index contributed by atoms with van der Waals surface area (Å²) in [6.07, 6.45) is -13.1. The minimum absolute atomic E-state index is 0.00568. The standard InChI is InChI=1S/C29H50FN9O10/c30-20-24(48-27-14(34)8-17(42)18(9-32)46-27)13(33)7-15(38-26(45)16(41)1-4-31)25(20)49-28-23(44)21(22(43)19(11-40)47-28)39-29(35)37-10-12-2-5-36-6-3-12/h2-3,5-6,13-25,27-28,40-44H,1,4,7-11,31-34H2,(H,38,45)(H3,35,37,39)/t13?,14?,15-,16+,17+,18?,19-,20?,21?,22?,23-,24-,25?,27-,28?/m1/s1. The molecule has 0 radical (unpaired) electrons. The van der Waals surface area contributed by atoms with Crippen LogP contribution in [0.15, 0.2) is 24.5 Å². The summed E-state index contributed by atoms with van der Waals surface area (Å²) >= 11 is 0. The van der Waals surface area contributed by atoms with Crippen molar-refractivity contribution in [1.29, 1.82) is 5.41 Å². The van der Waals surface area contributed by atoms with Gasteiger partial charge in [0.25, 0.3) is 0 Å². The second kappa shape index (κ2) is 18.0. The first-order valence-electron chi connectivity index (χ1n) is 16.2. The van der Waals surface area contributed by atoms with Crippen molar-refractivity contribution in [3.63, 3.8) is 0 Å². The van der Waals surface area contributed by atoms with E-state index in [4.69, 9.17) is 47.3 Å². The zero-order chi connectivity index (χ0) is 35.8. The minimum Gasteiger partial charge on any atom is -0.394 e. The second-order valence-electron chi connectivity index (χ2n) is 12.5. The van der Waals surface area contributed by atoms with Gasteiger partial charge in [-0.2, -0.15) is 0 Å². The number of pyridine rings is 1. The Balaban J connectivity index is 1.54. The van der Waals surface area contributed by atoms with E-state index in [0.717, 1.165) is 5.56 Å². The molecule has 15 atom stereocenters. The third kappa shape index (κ3) is 9.76. The fourth-order valence-electron chi connectivity index (χ4n) is 6.10. The number of halogens is 1. The predicted molar refractivity (Wildman–Crippen MR) is 169 cm³/mol. The summed E-state index contributed by atoms with van der Waals surface area (Å²) in [7, 11) is 0. The molecule has 2 saturated heterocycles. The van der Waals surface area contributed by atoms with Crippen LogP contribution in [0.2, 0.25) is 0 Å². The highest BCUT2D eigenvalue weighted by molar-refractivity contribution is 5.80. The third-order valence-corrected chi connectivity index (χ3v) is 8.87. The minimum atomic E-state index is -2.14. The summed E-state index contributed by atoms with van der Waals surface area (Å²) in [4.78, 5) is 16.7. The summed E-state index contributed by atoms with van der Waals surface area (Å²) in [6, 6.07) is -1.05. The maximum Gasteiger partial charge on any atom is 0.249 e. The Labute approximate surface area is 282 Å². The van der Waals surface area contributed by atoms with Crippen LogP contribution in [-0.2, 0) is 30.3 Å². The SMILES string of the molecule is N=C(NCc1ccncc1)NC1C(O)[C@@H](CO)OC(OC2C(F)[C@H](O[C@H]3OC(CN)[C@@H](O)CC3N)C(N)C[C@H]2NC(=O)[C@@H](O)CCN)[C@@H]1O. The Kier molecular flexibility index (Phi) is 14.4. The van der Waals surface area contributed by atoms with E-state index in [1.54, 1.807) is 24.5 Å². The summed E-state index contributed by atoms with van der Waals surface area (Å²) in [5, 5.41) is 68.9.